The molecule has 0 spiro atoms. The van der Waals surface area contributed by atoms with Crippen molar-refractivity contribution in [3.8, 4) is 0 Å². The van der Waals surface area contributed by atoms with Gasteiger partial charge in [-0.15, -0.1) is 0 Å². The van der Waals surface area contributed by atoms with E-state index in [1.807, 2.05) is 56.1 Å². The van der Waals surface area contributed by atoms with Gasteiger partial charge in [0.15, 0.2) is 0 Å². The molecule has 0 aliphatic rings. The molecule has 0 radical (unpaired) electrons. The first kappa shape index (κ1) is 17.6. The van der Waals surface area contributed by atoms with Crippen LogP contribution in [0.25, 0.3) is 0 Å². The Hall–Kier alpha value is -2.73. The summed E-state index contributed by atoms with van der Waals surface area (Å²) in [4.78, 5) is 24.5. The van der Waals surface area contributed by atoms with Gasteiger partial charge in [0.05, 0.1) is 11.5 Å². The van der Waals surface area contributed by atoms with Gasteiger partial charge >= 0.3 is 0 Å². The largest absolute Gasteiger partial charge is 0.325 e. The number of likely N-dealkylation sites (N-methyl/N-ethyl adjacent to an activating group) is 1. The molecule has 0 heterocycles. The molecule has 0 aliphatic carbocycles. The van der Waals surface area contributed by atoms with Crippen LogP contribution in [0.3, 0.4) is 0 Å². The number of non-ortho nitro benzene ring substituents is 1. The minimum atomic E-state index is -0.416. The van der Waals surface area contributed by atoms with Gasteiger partial charge in [0.25, 0.3) is 5.69 Å². The van der Waals surface area contributed by atoms with E-state index in [1.165, 1.54) is 6.07 Å². The van der Waals surface area contributed by atoms with E-state index in [4.69, 9.17) is 0 Å². The fraction of sp³-hybridized carbons (Fsp3) is 0.278. The molecule has 2 aromatic rings. The van der Waals surface area contributed by atoms with Crippen LogP contribution in [0.1, 0.15) is 24.1 Å². The molecule has 6 heteroatoms. The van der Waals surface area contributed by atoms with Gasteiger partial charge in [-0.25, -0.2) is 0 Å². The number of nitrogens with zero attached hydrogens (tertiary/aromatic N) is 2. The summed E-state index contributed by atoms with van der Waals surface area (Å²) in [6, 6.07) is 14.0. The van der Waals surface area contributed by atoms with E-state index >= 15 is 0 Å². The number of amides is 1. The molecular formula is C18H21N3O3. The zero-order valence-electron chi connectivity index (χ0n) is 14.0. The Morgan fingerprint density at radius 2 is 1.92 bits per heavy atom. The van der Waals surface area contributed by atoms with Crippen LogP contribution < -0.4 is 5.32 Å². The number of nitro benzene ring substituents is 1. The lowest BCUT2D eigenvalue weighted by Crippen LogP contribution is -2.32. The second kappa shape index (κ2) is 7.70. The fourth-order valence-electron chi connectivity index (χ4n) is 2.35. The number of nitrogens with one attached hydrogen (secondary N) is 1. The van der Waals surface area contributed by atoms with Gasteiger partial charge < -0.3 is 5.32 Å². The van der Waals surface area contributed by atoms with Crippen molar-refractivity contribution in [1.82, 2.24) is 4.90 Å². The number of carbonyl (C=O) groups is 1. The molecule has 1 N–H and O–H groups in total. The highest BCUT2D eigenvalue weighted by atomic mass is 16.6. The Labute approximate surface area is 141 Å². The fourth-order valence-corrected chi connectivity index (χ4v) is 2.35. The van der Waals surface area contributed by atoms with Crippen LogP contribution in [0.2, 0.25) is 0 Å². The predicted molar refractivity (Wildman–Crippen MR) is 94.0 cm³/mol. The van der Waals surface area contributed by atoms with Gasteiger partial charge in [0, 0.05) is 23.9 Å². The van der Waals surface area contributed by atoms with E-state index in [2.05, 4.69) is 5.32 Å². The van der Waals surface area contributed by atoms with Crippen molar-refractivity contribution >= 4 is 17.3 Å². The maximum absolute atomic E-state index is 12.2. The average Bonchev–Trinajstić information content (AvgIpc) is 2.56. The maximum Gasteiger partial charge on any atom is 0.269 e. The molecule has 6 nitrogen and oxygen atoms in total. The molecule has 126 valence electrons. The lowest BCUT2D eigenvalue weighted by atomic mass is 10.1. The van der Waals surface area contributed by atoms with Crippen molar-refractivity contribution < 1.29 is 9.72 Å². The van der Waals surface area contributed by atoms with Crippen molar-refractivity contribution in [3.05, 3.63) is 69.8 Å². The average molecular weight is 327 g/mol. The van der Waals surface area contributed by atoms with Gasteiger partial charge in [-0.2, -0.15) is 0 Å². The Bertz CT molecular complexity index is 729. The monoisotopic (exact) mass is 327 g/mol. The van der Waals surface area contributed by atoms with E-state index in [0.717, 1.165) is 16.8 Å². The Balaban J connectivity index is 1.99. The molecule has 1 atom stereocenters. The number of rotatable bonds is 6. The maximum atomic E-state index is 12.2. The first-order chi connectivity index (χ1) is 11.4. The first-order valence-electron chi connectivity index (χ1n) is 7.68. The Morgan fingerprint density at radius 3 is 2.54 bits per heavy atom. The van der Waals surface area contributed by atoms with Crippen LogP contribution in [-0.2, 0) is 4.79 Å². The SMILES string of the molecule is Cc1ccc(NC(=O)CN(C)[C@H](C)c2cccc([N+](=O)[O-])c2)cc1. The van der Waals surface area contributed by atoms with Gasteiger partial charge in [0.2, 0.25) is 5.91 Å². The molecular weight excluding hydrogens is 306 g/mol. The third kappa shape index (κ3) is 4.63. The summed E-state index contributed by atoms with van der Waals surface area (Å²) in [6.07, 6.45) is 0. The predicted octanol–water partition coefficient (Wildman–Crippen LogP) is 3.53. The zero-order valence-corrected chi connectivity index (χ0v) is 14.0. The number of aryl methyl sites for hydroxylation is 1. The van der Waals surface area contributed by atoms with Crippen molar-refractivity contribution in [2.75, 3.05) is 18.9 Å². The topological polar surface area (TPSA) is 75.5 Å². The summed E-state index contributed by atoms with van der Waals surface area (Å²) in [5.41, 5.74) is 2.73. The minimum Gasteiger partial charge on any atom is -0.325 e. The molecule has 0 fully saturated rings. The first-order valence-corrected chi connectivity index (χ1v) is 7.68. The second-order valence-corrected chi connectivity index (χ2v) is 5.86. The molecule has 0 bridgehead atoms. The van der Waals surface area contributed by atoms with Crippen LogP contribution in [0.4, 0.5) is 11.4 Å². The summed E-state index contributed by atoms with van der Waals surface area (Å²) in [5.74, 6) is -0.126. The van der Waals surface area contributed by atoms with Gasteiger partial charge in [-0.3, -0.25) is 19.8 Å². The molecule has 0 unspecified atom stereocenters. The number of nitro groups is 1. The van der Waals surface area contributed by atoms with Crippen molar-refractivity contribution in [1.29, 1.82) is 0 Å². The van der Waals surface area contributed by atoms with E-state index in [9.17, 15) is 14.9 Å². The van der Waals surface area contributed by atoms with Crippen LogP contribution in [0.5, 0.6) is 0 Å². The minimum absolute atomic E-state index is 0.0526. The quantitative estimate of drug-likeness (QED) is 0.650. The highest BCUT2D eigenvalue weighted by Gasteiger charge is 2.17. The normalized spacial score (nSPS) is 12.0. The summed E-state index contributed by atoms with van der Waals surface area (Å²) in [6.45, 7) is 4.09. The van der Waals surface area contributed by atoms with Gasteiger partial charge in [0.1, 0.15) is 0 Å². The van der Waals surface area contributed by atoms with E-state index < -0.39 is 4.92 Å². The third-order valence-corrected chi connectivity index (χ3v) is 3.95. The molecule has 0 saturated carbocycles. The van der Waals surface area contributed by atoms with E-state index in [1.54, 1.807) is 12.1 Å². The van der Waals surface area contributed by atoms with Gasteiger partial charge in [-0.05, 0) is 38.6 Å². The number of anilines is 1. The molecule has 0 aromatic heterocycles. The number of hydrogen-bond donors (Lipinski definition) is 1. The van der Waals surface area contributed by atoms with Crippen molar-refractivity contribution in [3.63, 3.8) is 0 Å². The highest BCUT2D eigenvalue weighted by Crippen LogP contribution is 2.22. The summed E-state index contributed by atoms with van der Waals surface area (Å²) in [5, 5.41) is 13.7. The van der Waals surface area contributed by atoms with Crippen molar-refractivity contribution in [2.24, 2.45) is 0 Å². The Morgan fingerprint density at radius 1 is 1.25 bits per heavy atom. The zero-order chi connectivity index (χ0) is 17.7. The number of benzene rings is 2. The standard InChI is InChI=1S/C18H21N3O3/c1-13-7-9-16(10-8-13)19-18(22)12-20(3)14(2)15-5-4-6-17(11-15)21(23)24/h4-11,14H,12H2,1-3H3,(H,19,22)/t14-/m1/s1. The molecule has 2 rings (SSSR count). The number of carbonyl (C=O) groups excluding carboxylic acids is 1. The summed E-state index contributed by atoms with van der Waals surface area (Å²) < 4.78 is 0. The molecule has 1 amide bonds. The lowest BCUT2D eigenvalue weighted by Gasteiger charge is -2.24. The highest BCUT2D eigenvalue weighted by molar-refractivity contribution is 5.92. The Kier molecular flexibility index (Phi) is 5.65. The second-order valence-electron chi connectivity index (χ2n) is 5.86. The smallest absolute Gasteiger partial charge is 0.269 e. The van der Waals surface area contributed by atoms with Gasteiger partial charge in [-0.1, -0.05) is 29.8 Å². The van der Waals surface area contributed by atoms with Crippen LogP contribution in [-0.4, -0.2) is 29.3 Å². The van der Waals surface area contributed by atoms with Crippen LogP contribution in [0, 0.1) is 17.0 Å². The van der Waals surface area contributed by atoms with E-state index in [-0.39, 0.29) is 24.2 Å². The summed E-state index contributed by atoms with van der Waals surface area (Å²) >= 11 is 0. The third-order valence-electron chi connectivity index (χ3n) is 3.95. The molecule has 24 heavy (non-hydrogen) atoms. The molecule has 0 aliphatic heterocycles. The van der Waals surface area contributed by atoms with Crippen molar-refractivity contribution in [2.45, 2.75) is 19.9 Å². The lowest BCUT2D eigenvalue weighted by molar-refractivity contribution is -0.384. The molecule has 0 saturated heterocycles. The van der Waals surface area contributed by atoms with Crippen LogP contribution in [0.15, 0.2) is 48.5 Å². The number of hydrogen-bond acceptors (Lipinski definition) is 4. The van der Waals surface area contributed by atoms with E-state index in [0.29, 0.717) is 0 Å². The van der Waals surface area contributed by atoms with Crippen LogP contribution >= 0.6 is 0 Å². The molecule has 2 aromatic carbocycles. The summed E-state index contributed by atoms with van der Waals surface area (Å²) in [7, 11) is 1.82.